The SMILES string of the molecule is C=CC(=O)OCC(CC)CCCC.C=CC(=O)OCCCC.C=CCOC(=O)C=C.C=COC(C)=O. The van der Waals surface area contributed by atoms with E-state index in [9.17, 15) is 19.2 Å². The molecule has 0 amide bonds. The Morgan fingerprint density at radius 3 is 1.61 bits per heavy atom. The largest absolute Gasteiger partial charge is 0.463 e. The number of hydrogen-bond donors (Lipinski definition) is 0. The van der Waals surface area contributed by atoms with Gasteiger partial charge in [-0.1, -0.05) is 85.4 Å². The molecule has 0 aliphatic heterocycles. The molecule has 0 N–H and O–H groups in total. The lowest BCUT2D eigenvalue weighted by Gasteiger charge is -2.13. The van der Waals surface area contributed by atoms with Crippen LogP contribution in [0.3, 0.4) is 0 Å². The van der Waals surface area contributed by atoms with Crippen LogP contribution in [0.15, 0.2) is 63.5 Å². The predicted molar refractivity (Wildman–Crippen MR) is 144 cm³/mol. The summed E-state index contributed by atoms with van der Waals surface area (Å²) in [6.45, 7) is 25.3. The van der Waals surface area contributed by atoms with E-state index >= 15 is 0 Å². The first-order chi connectivity index (χ1) is 17.1. The molecular formula is C28H46O8. The first-order valence-corrected chi connectivity index (χ1v) is 11.9. The molecule has 0 aliphatic rings. The Morgan fingerprint density at radius 2 is 1.25 bits per heavy atom. The van der Waals surface area contributed by atoms with E-state index in [1.807, 2.05) is 6.92 Å². The molecular weight excluding hydrogens is 464 g/mol. The minimum Gasteiger partial charge on any atom is -0.463 e. The molecule has 0 aromatic heterocycles. The topological polar surface area (TPSA) is 105 Å². The van der Waals surface area contributed by atoms with Crippen LogP contribution in [0.25, 0.3) is 0 Å². The van der Waals surface area contributed by atoms with Gasteiger partial charge in [0.15, 0.2) is 0 Å². The average Bonchev–Trinajstić information content (AvgIpc) is 2.88. The van der Waals surface area contributed by atoms with Gasteiger partial charge >= 0.3 is 23.9 Å². The third kappa shape index (κ3) is 40.9. The summed E-state index contributed by atoms with van der Waals surface area (Å²) >= 11 is 0. The van der Waals surface area contributed by atoms with Crippen LogP contribution in [0, 0.1) is 5.92 Å². The smallest absolute Gasteiger partial charge is 0.330 e. The van der Waals surface area contributed by atoms with Gasteiger partial charge in [0.05, 0.1) is 19.5 Å². The van der Waals surface area contributed by atoms with Crippen molar-refractivity contribution < 1.29 is 38.1 Å². The number of esters is 4. The Bertz CT molecular complexity index is 637. The number of hydrogen-bond acceptors (Lipinski definition) is 8. The van der Waals surface area contributed by atoms with Crippen LogP contribution in [0.5, 0.6) is 0 Å². The second-order valence-corrected chi connectivity index (χ2v) is 6.87. The number of carbonyl (C=O) groups is 4. The summed E-state index contributed by atoms with van der Waals surface area (Å²) in [5.74, 6) is -0.864. The Labute approximate surface area is 217 Å². The summed E-state index contributed by atoms with van der Waals surface area (Å²) in [5, 5.41) is 0. The van der Waals surface area contributed by atoms with Crippen LogP contribution in [0.4, 0.5) is 0 Å². The Morgan fingerprint density at radius 1 is 0.750 bits per heavy atom. The van der Waals surface area contributed by atoms with Gasteiger partial charge in [-0.15, -0.1) is 0 Å². The second-order valence-electron chi connectivity index (χ2n) is 6.87. The zero-order valence-corrected chi connectivity index (χ0v) is 22.6. The molecule has 1 atom stereocenters. The van der Waals surface area contributed by atoms with Crippen LogP contribution < -0.4 is 0 Å². The van der Waals surface area contributed by atoms with Crippen LogP contribution in [0.1, 0.15) is 66.2 Å². The standard InChI is InChI=1S/C11H20O2.C7H12O2.C6H8O2.C4H6O2/c1-4-7-8-10(5-2)9-13-11(12)6-3;1-3-5-6-9-7(8)4-2;1-3-5-8-6(7)4-2;1-3-6-4(2)5/h6,10H,3-5,7-9H2,1-2H3;4H,2-3,5-6H2,1H3;3-4H,1-2,5H2;3H,1H2,2H3. The second kappa shape index (κ2) is 33.8. The highest BCUT2D eigenvalue weighted by Crippen LogP contribution is 2.12. The summed E-state index contributed by atoms with van der Waals surface area (Å²) in [6, 6.07) is 0. The quantitative estimate of drug-likeness (QED) is 0.0655. The fourth-order valence-corrected chi connectivity index (χ4v) is 1.85. The van der Waals surface area contributed by atoms with E-state index in [0.717, 1.165) is 38.0 Å². The van der Waals surface area contributed by atoms with Crippen molar-refractivity contribution in [1.29, 1.82) is 0 Å². The molecule has 0 heterocycles. The molecule has 0 spiro atoms. The number of ether oxygens (including phenoxy) is 4. The summed E-state index contributed by atoms with van der Waals surface area (Å²) in [4.78, 5) is 41.0. The van der Waals surface area contributed by atoms with Gasteiger partial charge in [-0.3, -0.25) is 4.79 Å². The van der Waals surface area contributed by atoms with Crippen molar-refractivity contribution in [3.05, 3.63) is 63.5 Å². The van der Waals surface area contributed by atoms with Gasteiger partial charge in [-0.05, 0) is 18.8 Å². The molecule has 0 saturated heterocycles. The monoisotopic (exact) mass is 510 g/mol. The predicted octanol–water partition coefficient (Wildman–Crippen LogP) is 6.04. The molecule has 1 unspecified atom stereocenters. The molecule has 0 rings (SSSR count). The zero-order valence-electron chi connectivity index (χ0n) is 22.6. The maximum absolute atomic E-state index is 10.8. The van der Waals surface area contributed by atoms with Crippen molar-refractivity contribution >= 4 is 23.9 Å². The van der Waals surface area contributed by atoms with Gasteiger partial charge in [-0.25, -0.2) is 14.4 Å². The van der Waals surface area contributed by atoms with Crippen LogP contribution in [0.2, 0.25) is 0 Å². The molecule has 206 valence electrons. The number of carbonyl (C=O) groups excluding carboxylic acids is 4. The van der Waals surface area contributed by atoms with E-state index in [2.05, 4.69) is 61.0 Å². The minimum atomic E-state index is -0.412. The Balaban J connectivity index is -0.000000198. The van der Waals surface area contributed by atoms with Crippen LogP contribution >= 0.6 is 0 Å². The normalized spacial score (nSPS) is 9.33. The third-order valence-electron chi connectivity index (χ3n) is 3.84. The lowest BCUT2D eigenvalue weighted by Crippen LogP contribution is -2.12. The van der Waals surface area contributed by atoms with Crippen molar-refractivity contribution in [3.8, 4) is 0 Å². The Hall–Kier alpha value is -3.42. The van der Waals surface area contributed by atoms with Gasteiger partial charge in [0.1, 0.15) is 6.61 Å². The third-order valence-corrected chi connectivity index (χ3v) is 3.84. The lowest BCUT2D eigenvalue weighted by atomic mass is 10.0. The van der Waals surface area contributed by atoms with Crippen molar-refractivity contribution in [3.63, 3.8) is 0 Å². The summed E-state index contributed by atoms with van der Waals surface area (Å²) in [5.41, 5.74) is 0. The minimum absolute atomic E-state index is 0.255. The molecule has 8 heteroatoms. The van der Waals surface area contributed by atoms with E-state index < -0.39 is 5.97 Å². The first-order valence-electron chi connectivity index (χ1n) is 11.9. The molecule has 0 saturated carbocycles. The van der Waals surface area contributed by atoms with Crippen molar-refractivity contribution in [2.45, 2.75) is 66.2 Å². The molecule has 0 aromatic rings. The highest BCUT2D eigenvalue weighted by Gasteiger charge is 2.07. The summed E-state index contributed by atoms with van der Waals surface area (Å²) in [6.07, 6.45) is 12.7. The number of rotatable bonds is 15. The Kier molecular flexibility index (Phi) is 37.3. The summed E-state index contributed by atoms with van der Waals surface area (Å²) < 4.78 is 18.3. The maximum Gasteiger partial charge on any atom is 0.330 e. The molecule has 36 heavy (non-hydrogen) atoms. The highest BCUT2D eigenvalue weighted by atomic mass is 16.5. The zero-order chi connectivity index (χ0) is 28.6. The first kappa shape index (κ1) is 39.8. The van der Waals surface area contributed by atoms with Crippen molar-refractivity contribution in [1.82, 2.24) is 0 Å². The highest BCUT2D eigenvalue weighted by molar-refractivity contribution is 5.81. The number of unbranched alkanes of at least 4 members (excludes halogenated alkanes) is 2. The van der Waals surface area contributed by atoms with E-state index in [4.69, 9.17) is 4.74 Å². The maximum atomic E-state index is 10.8. The van der Waals surface area contributed by atoms with Crippen molar-refractivity contribution in [2.24, 2.45) is 5.92 Å². The molecule has 0 aliphatic carbocycles. The molecule has 0 fully saturated rings. The molecule has 8 nitrogen and oxygen atoms in total. The average molecular weight is 511 g/mol. The van der Waals surface area contributed by atoms with Gasteiger partial charge < -0.3 is 18.9 Å². The summed E-state index contributed by atoms with van der Waals surface area (Å²) in [7, 11) is 0. The van der Waals surface area contributed by atoms with Gasteiger partial charge in [0.25, 0.3) is 0 Å². The van der Waals surface area contributed by atoms with E-state index in [0.29, 0.717) is 19.1 Å². The fourth-order valence-electron chi connectivity index (χ4n) is 1.85. The fraction of sp³-hybridized carbons (Fsp3) is 0.500. The van der Waals surface area contributed by atoms with Crippen molar-refractivity contribution in [2.75, 3.05) is 19.8 Å². The molecule has 0 radical (unpaired) electrons. The van der Waals surface area contributed by atoms with E-state index in [1.54, 1.807) is 0 Å². The van der Waals surface area contributed by atoms with Gasteiger partial charge in [0.2, 0.25) is 0 Å². The van der Waals surface area contributed by atoms with Crippen LogP contribution in [-0.4, -0.2) is 43.7 Å². The molecule has 0 aromatic carbocycles. The van der Waals surface area contributed by atoms with E-state index in [1.165, 1.54) is 38.0 Å². The van der Waals surface area contributed by atoms with Crippen LogP contribution in [-0.2, 0) is 38.1 Å². The van der Waals surface area contributed by atoms with Gasteiger partial charge in [0, 0.05) is 25.2 Å². The van der Waals surface area contributed by atoms with Gasteiger partial charge in [-0.2, -0.15) is 0 Å². The lowest BCUT2D eigenvalue weighted by molar-refractivity contribution is -0.139. The molecule has 0 bridgehead atoms. The van der Waals surface area contributed by atoms with E-state index in [-0.39, 0.29) is 24.5 Å².